The molecule has 2 unspecified atom stereocenters. The number of alkyl carbamates (subject to hydrolysis) is 1. The maximum Gasteiger partial charge on any atom is 0.408 e. The van der Waals surface area contributed by atoms with Gasteiger partial charge in [-0.25, -0.2) is 4.79 Å². The molecule has 38 heavy (non-hydrogen) atoms. The lowest BCUT2D eigenvalue weighted by atomic mass is 10.0. The molecule has 0 bridgehead atoms. The Balaban J connectivity index is 2.27. The summed E-state index contributed by atoms with van der Waals surface area (Å²) in [5.74, 6) is -0.586. The highest BCUT2D eigenvalue weighted by Gasteiger charge is 2.34. The summed E-state index contributed by atoms with van der Waals surface area (Å²) in [5, 5.41) is 5.67. The van der Waals surface area contributed by atoms with E-state index in [1.165, 1.54) is 6.42 Å². The highest BCUT2D eigenvalue weighted by Crippen LogP contribution is 2.24. The molecule has 0 saturated heterocycles. The van der Waals surface area contributed by atoms with Gasteiger partial charge in [0.1, 0.15) is 17.7 Å². The lowest BCUT2D eigenvalue weighted by Crippen LogP contribution is -2.52. The average Bonchev–Trinajstić information content (AvgIpc) is 2.88. The number of rotatable bonds is 14. The molecule has 0 aromatic heterocycles. The van der Waals surface area contributed by atoms with Crippen LogP contribution in [0.15, 0.2) is 60.7 Å². The Morgan fingerprint density at radius 1 is 0.868 bits per heavy atom. The van der Waals surface area contributed by atoms with Gasteiger partial charge in [-0.3, -0.25) is 9.59 Å². The molecular weight excluding hydrogens is 478 g/mol. The number of amides is 3. The SMILES string of the molecule is CCCCCCCCN(C(=O)C(C)NC(=O)OC(C)(C)C)C(C(=O)NCc1ccccc1)c1ccccc1. The number of ether oxygens (including phenoxy) is 1. The van der Waals surface area contributed by atoms with Crippen LogP contribution in [0.4, 0.5) is 4.79 Å². The summed E-state index contributed by atoms with van der Waals surface area (Å²) in [5.41, 5.74) is 1.01. The molecule has 0 spiro atoms. The topological polar surface area (TPSA) is 87.7 Å². The first-order chi connectivity index (χ1) is 18.1. The Morgan fingerprint density at radius 3 is 2.05 bits per heavy atom. The van der Waals surface area contributed by atoms with Crippen molar-refractivity contribution in [3.8, 4) is 0 Å². The molecule has 0 saturated carbocycles. The Kier molecular flexibility index (Phi) is 12.8. The van der Waals surface area contributed by atoms with Crippen LogP contribution in [0.2, 0.25) is 0 Å². The minimum Gasteiger partial charge on any atom is -0.444 e. The van der Waals surface area contributed by atoms with Crippen LogP contribution in [0.5, 0.6) is 0 Å². The van der Waals surface area contributed by atoms with E-state index in [0.29, 0.717) is 13.1 Å². The van der Waals surface area contributed by atoms with Crippen molar-refractivity contribution < 1.29 is 19.1 Å². The maximum atomic E-state index is 13.8. The largest absolute Gasteiger partial charge is 0.444 e. The molecule has 2 N–H and O–H groups in total. The van der Waals surface area contributed by atoms with Gasteiger partial charge in [0.2, 0.25) is 11.8 Å². The number of carbonyl (C=O) groups is 3. The standard InChI is InChI=1S/C31H45N3O4/c1-6-7-8-9-10-17-22-34(29(36)24(2)33-30(37)38-31(3,4)5)27(26-20-15-12-16-21-26)28(35)32-23-25-18-13-11-14-19-25/h11-16,18-21,24,27H,6-10,17,22-23H2,1-5H3,(H,32,35)(H,33,37). The molecule has 2 aromatic carbocycles. The number of hydrogen-bond acceptors (Lipinski definition) is 4. The van der Waals surface area contributed by atoms with E-state index in [-0.39, 0.29) is 11.8 Å². The lowest BCUT2D eigenvalue weighted by molar-refractivity contribution is -0.142. The van der Waals surface area contributed by atoms with Gasteiger partial charge < -0.3 is 20.3 Å². The molecule has 7 heteroatoms. The number of nitrogens with one attached hydrogen (secondary N) is 2. The van der Waals surface area contributed by atoms with E-state index in [2.05, 4.69) is 17.6 Å². The maximum absolute atomic E-state index is 13.8. The highest BCUT2D eigenvalue weighted by molar-refractivity contribution is 5.92. The second-order valence-electron chi connectivity index (χ2n) is 10.7. The summed E-state index contributed by atoms with van der Waals surface area (Å²) >= 11 is 0. The number of carbonyl (C=O) groups excluding carboxylic acids is 3. The van der Waals surface area contributed by atoms with Gasteiger partial charge >= 0.3 is 6.09 Å². The molecule has 2 aromatic rings. The van der Waals surface area contributed by atoms with Crippen molar-refractivity contribution in [1.29, 1.82) is 0 Å². The van der Waals surface area contributed by atoms with Crippen molar-refractivity contribution in [3.63, 3.8) is 0 Å². The zero-order valence-electron chi connectivity index (χ0n) is 23.7. The lowest BCUT2D eigenvalue weighted by Gasteiger charge is -2.33. The third-order valence-corrected chi connectivity index (χ3v) is 6.12. The van der Waals surface area contributed by atoms with Crippen LogP contribution in [0.1, 0.15) is 90.3 Å². The minimum absolute atomic E-state index is 0.260. The molecule has 0 aliphatic heterocycles. The van der Waals surface area contributed by atoms with Gasteiger partial charge in [0.25, 0.3) is 0 Å². The van der Waals surface area contributed by atoms with E-state index in [1.807, 2.05) is 60.7 Å². The van der Waals surface area contributed by atoms with E-state index in [1.54, 1.807) is 32.6 Å². The summed E-state index contributed by atoms with van der Waals surface area (Å²) in [4.78, 5) is 41.4. The zero-order valence-corrected chi connectivity index (χ0v) is 23.7. The van der Waals surface area contributed by atoms with E-state index >= 15 is 0 Å². The summed E-state index contributed by atoms with van der Waals surface area (Å²) in [7, 11) is 0. The smallest absolute Gasteiger partial charge is 0.408 e. The van der Waals surface area contributed by atoms with Crippen molar-refractivity contribution in [2.75, 3.05) is 6.54 Å². The number of unbranched alkanes of at least 4 members (excludes halogenated alkanes) is 5. The third-order valence-electron chi connectivity index (χ3n) is 6.12. The normalized spacial score (nSPS) is 12.8. The van der Waals surface area contributed by atoms with Gasteiger partial charge in [-0.1, -0.05) is 99.7 Å². The van der Waals surface area contributed by atoms with E-state index in [9.17, 15) is 14.4 Å². The van der Waals surface area contributed by atoms with Crippen LogP contribution in [-0.2, 0) is 20.9 Å². The molecule has 7 nitrogen and oxygen atoms in total. The fourth-order valence-electron chi connectivity index (χ4n) is 4.21. The minimum atomic E-state index is -0.863. The van der Waals surface area contributed by atoms with Crippen molar-refractivity contribution in [3.05, 3.63) is 71.8 Å². The quantitative estimate of drug-likeness (QED) is 0.291. The van der Waals surface area contributed by atoms with Crippen molar-refractivity contribution >= 4 is 17.9 Å². The second kappa shape index (κ2) is 15.8. The Labute approximate surface area is 228 Å². The van der Waals surface area contributed by atoms with Gasteiger partial charge in [-0.2, -0.15) is 0 Å². The van der Waals surface area contributed by atoms with E-state index in [0.717, 1.165) is 43.2 Å². The van der Waals surface area contributed by atoms with E-state index < -0.39 is 23.8 Å². The van der Waals surface area contributed by atoms with Crippen LogP contribution in [0.3, 0.4) is 0 Å². The monoisotopic (exact) mass is 523 g/mol. The predicted molar refractivity (Wildman–Crippen MR) is 151 cm³/mol. The molecule has 0 radical (unpaired) electrons. The zero-order chi connectivity index (χ0) is 28.0. The predicted octanol–water partition coefficient (Wildman–Crippen LogP) is 6.15. The average molecular weight is 524 g/mol. The van der Waals surface area contributed by atoms with Crippen LogP contribution >= 0.6 is 0 Å². The van der Waals surface area contributed by atoms with Crippen molar-refractivity contribution in [2.45, 2.75) is 97.4 Å². The summed E-state index contributed by atoms with van der Waals surface area (Å²) in [6.45, 7) is 9.88. The molecule has 3 amide bonds. The van der Waals surface area contributed by atoms with Gasteiger partial charge in [-0.15, -0.1) is 0 Å². The molecule has 0 fully saturated rings. The van der Waals surface area contributed by atoms with Crippen LogP contribution < -0.4 is 10.6 Å². The molecule has 2 atom stereocenters. The Hall–Kier alpha value is -3.35. The number of benzene rings is 2. The van der Waals surface area contributed by atoms with Crippen LogP contribution in [0.25, 0.3) is 0 Å². The summed E-state index contributed by atoms with van der Waals surface area (Å²) < 4.78 is 5.35. The summed E-state index contributed by atoms with van der Waals surface area (Å²) in [6, 6.07) is 17.3. The first kappa shape index (κ1) is 30.9. The first-order valence-electron chi connectivity index (χ1n) is 13.8. The van der Waals surface area contributed by atoms with Gasteiger partial charge in [0, 0.05) is 13.1 Å². The van der Waals surface area contributed by atoms with Crippen molar-refractivity contribution in [2.24, 2.45) is 0 Å². The molecule has 0 heterocycles. The fourth-order valence-corrected chi connectivity index (χ4v) is 4.21. The number of hydrogen-bond donors (Lipinski definition) is 2. The molecule has 208 valence electrons. The van der Waals surface area contributed by atoms with Crippen LogP contribution in [0, 0.1) is 0 Å². The fraction of sp³-hybridized carbons (Fsp3) is 0.516. The van der Waals surface area contributed by atoms with Crippen LogP contribution in [-0.4, -0.2) is 41.0 Å². The van der Waals surface area contributed by atoms with Gasteiger partial charge in [0.15, 0.2) is 0 Å². The van der Waals surface area contributed by atoms with Crippen molar-refractivity contribution in [1.82, 2.24) is 15.5 Å². The highest BCUT2D eigenvalue weighted by atomic mass is 16.6. The van der Waals surface area contributed by atoms with Gasteiger partial charge in [-0.05, 0) is 45.2 Å². The molecular formula is C31H45N3O4. The molecule has 0 aliphatic rings. The second-order valence-corrected chi connectivity index (χ2v) is 10.7. The Bertz CT molecular complexity index is 989. The molecule has 2 rings (SSSR count). The number of nitrogens with zero attached hydrogens (tertiary/aromatic N) is 1. The molecule has 0 aliphatic carbocycles. The summed E-state index contributed by atoms with van der Waals surface area (Å²) in [6.07, 6.45) is 5.65. The third kappa shape index (κ3) is 11.0. The van der Waals surface area contributed by atoms with E-state index in [4.69, 9.17) is 4.74 Å². The van der Waals surface area contributed by atoms with Gasteiger partial charge in [0.05, 0.1) is 0 Å². The Morgan fingerprint density at radius 2 is 1.45 bits per heavy atom. The first-order valence-corrected chi connectivity index (χ1v) is 13.8.